The van der Waals surface area contributed by atoms with Gasteiger partial charge >= 0.3 is 0 Å². The van der Waals surface area contributed by atoms with Gasteiger partial charge in [-0.05, 0) is 18.3 Å². The minimum absolute atomic E-state index is 0.0722. The SMILES string of the molecule is CNC(=O)[C@H]1CC(O)CN1C(=O)C(n1cc(C2CCC(F)(F)CC2)nn1)C(C)(C)C. The van der Waals surface area contributed by atoms with E-state index in [4.69, 9.17) is 0 Å². The fourth-order valence-electron chi connectivity index (χ4n) is 4.45. The van der Waals surface area contributed by atoms with Crippen LogP contribution in [-0.2, 0) is 9.59 Å². The zero-order valence-corrected chi connectivity index (χ0v) is 17.9. The highest BCUT2D eigenvalue weighted by atomic mass is 19.3. The second kappa shape index (κ2) is 8.20. The Kier molecular flexibility index (Phi) is 6.18. The van der Waals surface area contributed by atoms with Gasteiger partial charge in [0.15, 0.2) is 0 Å². The first kappa shape index (κ1) is 22.6. The maximum absolute atomic E-state index is 13.5. The smallest absolute Gasteiger partial charge is 0.248 e. The van der Waals surface area contributed by atoms with Crippen LogP contribution in [0.5, 0.6) is 0 Å². The highest BCUT2D eigenvalue weighted by Crippen LogP contribution is 2.41. The first-order chi connectivity index (χ1) is 13.9. The van der Waals surface area contributed by atoms with Crippen molar-refractivity contribution in [1.82, 2.24) is 25.2 Å². The summed E-state index contributed by atoms with van der Waals surface area (Å²) < 4.78 is 28.4. The van der Waals surface area contributed by atoms with E-state index in [-0.39, 0.29) is 43.5 Å². The Morgan fingerprint density at radius 1 is 1.30 bits per heavy atom. The van der Waals surface area contributed by atoms with Crippen LogP contribution in [0.3, 0.4) is 0 Å². The minimum Gasteiger partial charge on any atom is -0.391 e. The van der Waals surface area contributed by atoms with Crippen molar-refractivity contribution in [2.45, 2.75) is 82.9 Å². The number of carbonyl (C=O) groups excluding carboxylic acids is 2. The summed E-state index contributed by atoms with van der Waals surface area (Å²) in [5.41, 5.74) is 0.0551. The van der Waals surface area contributed by atoms with Crippen molar-refractivity contribution in [3.63, 3.8) is 0 Å². The van der Waals surface area contributed by atoms with E-state index >= 15 is 0 Å². The number of likely N-dealkylation sites (tertiary alicyclic amines) is 1. The molecule has 0 radical (unpaired) electrons. The number of rotatable bonds is 4. The monoisotopic (exact) mass is 427 g/mol. The lowest BCUT2D eigenvalue weighted by molar-refractivity contribution is -0.144. The normalized spacial score (nSPS) is 25.9. The Morgan fingerprint density at radius 3 is 2.50 bits per heavy atom. The van der Waals surface area contributed by atoms with E-state index in [1.165, 1.54) is 16.6 Å². The number of nitrogens with zero attached hydrogens (tertiary/aromatic N) is 4. The van der Waals surface area contributed by atoms with Gasteiger partial charge in [0, 0.05) is 45.0 Å². The van der Waals surface area contributed by atoms with Gasteiger partial charge < -0.3 is 15.3 Å². The van der Waals surface area contributed by atoms with Crippen LogP contribution in [0.4, 0.5) is 8.78 Å². The average Bonchev–Trinajstić information content (AvgIpc) is 3.27. The molecule has 10 heteroatoms. The summed E-state index contributed by atoms with van der Waals surface area (Å²) in [5, 5.41) is 21.0. The molecular weight excluding hydrogens is 396 g/mol. The number of carbonyl (C=O) groups is 2. The van der Waals surface area contributed by atoms with Crippen LogP contribution in [0.25, 0.3) is 0 Å². The number of β-amino-alcohol motifs (C(OH)–C–C–N with tert-alkyl or cyclic N) is 1. The van der Waals surface area contributed by atoms with Crippen molar-refractivity contribution in [2.75, 3.05) is 13.6 Å². The Morgan fingerprint density at radius 2 is 1.93 bits per heavy atom. The molecule has 0 bridgehead atoms. The van der Waals surface area contributed by atoms with Crippen LogP contribution in [0, 0.1) is 5.41 Å². The number of halogens is 2. The number of likely N-dealkylation sites (N-methyl/N-ethyl adjacent to an activating group) is 1. The van der Waals surface area contributed by atoms with Crippen molar-refractivity contribution < 1.29 is 23.5 Å². The van der Waals surface area contributed by atoms with Crippen LogP contribution in [0.2, 0.25) is 0 Å². The molecular formula is C20H31F2N5O3. The van der Waals surface area contributed by atoms with Crippen molar-refractivity contribution in [1.29, 1.82) is 0 Å². The van der Waals surface area contributed by atoms with Gasteiger partial charge in [0.2, 0.25) is 17.7 Å². The predicted octanol–water partition coefficient (Wildman–Crippen LogP) is 1.87. The molecule has 2 amide bonds. The van der Waals surface area contributed by atoms with Gasteiger partial charge in [-0.15, -0.1) is 5.10 Å². The summed E-state index contributed by atoms with van der Waals surface area (Å²) in [7, 11) is 1.49. The Balaban J connectivity index is 1.84. The molecule has 2 unspecified atom stereocenters. The van der Waals surface area contributed by atoms with Crippen molar-refractivity contribution in [2.24, 2.45) is 5.41 Å². The molecule has 0 aromatic carbocycles. The molecule has 30 heavy (non-hydrogen) atoms. The van der Waals surface area contributed by atoms with Crippen molar-refractivity contribution >= 4 is 11.8 Å². The van der Waals surface area contributed by atoms with Crippen LogP contribution < -0.4 is 5.32 Å². The number of aliphatic hydroxyl groups excluding tert-OH is 1. The first-order valence-electron chi connectivity index (χ1n) is 10.4. The molecule has 3 atom stereocenters. The van der Waals surface area contributed by atoms with E-state index < -0.39 is 29.5 Å². The summed E-state index contributed by atoms with van der Waals surface area (Å²) in [6.07, 6.45) is 1.39. The third-order valence-electron chi connectivity index (χ3n) is 6.09. The number of alkyl halides is 2. The molecule has 168 valence electrons. The van der Waals surface area contributed by atoms with Crippen molar-refractivity contribution in [3.05, 3.63) is 11.9 Å². The third-order valence-corrected chi connectivity index (χ3v) is 6.09. The van der Waals surface area contributed by atoms with Gasteiger partial charge in [0.05, 0.1) is 11.8 Å². The summed E-state index contributed by atoms with van der Waals surface area (Å²) in [6.45, 7) is 5.74. The predicted molar refractivity (Wildman–Crippen MR) is 105 cm³/mol. The van der Waals surface area contributed by atoms with Crippen LogP contribution in [0.1, 0.15) is 70.5 Å². The fourth-order valence-corrected chi connectivity index (χ4v) is 4.45. The molecule has 2 heterocycles. The molecule has 1 aromatic rings. The first-order valence-corrected chi connectivity index (χ1v) is 10.4. The van der Waals surface area contributed by atoms with Crippen molar-refractivity contribution in [3.8, 4) is 0 Å². The second-order valence-corrected chi connectivity index (χ2v) is 9.53. The number of hydrogen-bond donors (Lipinski definition) is 2. The summed E-state index contributed by atoms with van der Waals surface area (Å²) in [4.78, 5) is 27.1. The van der Waals surface area contributed by atoms with E-state index in [1.807, 2.05) is 20.8 Å². The molecule has 1 aliphatic heterocycles. The molecule has 2 aliphatic rings. The molecule has 2 N–H and O–H groups in total. The van der Waals surface area contributed by atoms with E-state index in [0.29, 0.717) is 18.5 Å². The van der Waals surface area contributed by atoms with E-state index in [2.05, 4.69) is 15.6 Å². The Bertz CT molecular complexity index is 782. The number of aliphatic hydroxyl groups is 1. The Hall–Kier alpha value is -2.10. The van der Waals surface area contributed by atoms with E-state index in [1.54, 1.807) is 6.20 Å². The number of hydrogen-bond acceptors (Lipinski definition) is 5. The molecule has 1 aromatic heterocycles. The van der Waals surface area contributed by atoms with E-state index in [9.17, 15) is 23.5 Å². The average molecular weight is 427 g/mol. The molecule has 8 nitrogen and oxygen atoms in total. The molecule has 0 spiro atoms. The van der Waals surface area contributed by atoms with Gasteiger partial charge in [-0.2, -0.15) is 0 Å². The number of nitrogens with one attached hydrogen (secondary N) is 1. The van der Waals surface area contributed by atoms with Gasteiger partial charge in [-0.1, -0.05) is 26.0 Å². The summed E-state index contributed by atoms with van der Waals surface area (Å²) in [6, 6.07) is -1.49. The maximum atomic E-state index is 13.5. The standard InChI is InChI=1S/C20H31F2N5O3/c1-19(2,3)16(18(30)26-10-13(28)9-15(26)17(29)23-4)27-11-14(24-25-27)12-5-7-20(21,22)8-6-12/h11-13,15-16,28H,5-10H2,1-4H3,(H,23,29)/t13?,15-,16?/m1/s1. The van der Waals surface area contributed by atoms with Gasteiger partial charge in [0.25, 0.3) is 0 Å². The number of aromatic nitrogens is 3. The lowest BCUT2D eigenvalue weighted by Gasteiger charge is -2.34. The molecule has 1 saturated heterocycles. The maximum Gasteiger partial charge on any atom is 0.248 e. The highest BCUT2D eigenvalue weighted by Gasteiger charge is 2.45. The molecule has 1 saturated carbocycles. The minimum atomic E-state index is -2.62. The topological polar surface area (TPSA) is 100 Å². The van der Waals surface area contributed by atoms with E-state index in [0.717, 1.165) is 0 Å². The van der Waals surface area contributed by atoms with Gasteiger partial charge in [-0.3, -0.25) is 9.59 Å². The zero-order chi connectivity index (χ0) is 22.3. The van der Waals surface area contributed by atoms with Crippen LogP contribution in [-0.4, -0.2) is 68.5 Å². The largest absolute Gasteiger partial charge is 0.391 e. The summed E-state index contributed by atoms with van der Waals surface area (Å²) >= 11 is 0. The fraction of sp³-hybridized carbons (Fsp3) is 0.800. The zero-order valence-electron chi connectivity index (χ0n) is 17.9. The number of amides is 2. The molecule has 2 fully saturated rings. The van der Waals surface area contributed by atoms with Crippen LogP contribution in [0.15, 0.2) is 6.20 Å². The summed E-state index contributed by atoms with van der Waals surface area (Å²) in [5.74, 6) is -3.38. The molecule has 1 aliphatic carbocycles. The lowest BCUT2D eigenvalue weighted by Crippen LogP contribution is -2.49. The molecule has 3 rings (SSSR count). The van der Waals surface area contributed by atoms with Crippen LogP contribution >= 0.6 is 0 Å². The quantitative estimate of drug-likeness (QED) is 0.764. The third kappa shape index (κ3) is 4.63. The highest BCUT2D eigenvalue weighted by molar-refractivity contribution is 5.90. The second-order valence-electron chi connectivity index (χ2n) is 9.53. The lowest BCUT2D eigenvalue weighted by atomic mass is 9.84. The van der Waals surface area contributed by atoms with Gasteiger partial charge in [-0.25, -0.2) is 13.5 Å². The Labute approximate surface area is 175 Å². The van der Waals surface area contributed by atoms with Gasteiger partial charge in [0.1, 0.15) is 12.1 Å².